The molecule has 0 aromatic rings. The second-order valence-corrected chi connectivity index (χ2v) is 11.9. The first kappa shape index (κ1) is 39.5. The quantitative estimate of drug-likeness (QED) is 0.0947. The fourth-order valence-electron chi connectivity index (χ4n) is 5.84. The number of ether oxygens (including phenoxy) is 7. The lowest BCUT2D eigenvalue weighted by Gasteiger charge is -2.48. The summed E-state index contributed by atoms with van der Waals surface area (Å²) < 4.78 is 38.4. The molecule has 0 aromatic carbocycles. The maximum absolute atomic E-state index is 11.7. The largest absolute Gasteiger partial charge is 0.394 e. The number of hydrogen-bond donors (Lipinski definition) is 14. The Kier molecular flexibility index (Phi) is 13.8. The molecule has 4 aliphatic heterocycles. The highest BCUT2D eigenvalue weighted by Crippen LogP contribution is 2.33. The number of amides is 1. The van der Waals surface area contributed by atoms with Crippen molar-refractivity contribution in [2.45, 2.75) is 130 Å². The van der Waals surface area contributed by atoms with Crippen LogP contribution in [0.2, 0.25) is 0 Å². The fraction of sp³-hybridized carbons (Fsp3) is 0.962. The highest BCUT2D eigenvalue weighted by molar-refractivity contribution is 5.73. The molecule has 0 aromatic heterocycles. The van der Waals surface area contributed by atoms with Gasteiger partial charge in [-0.15, -0.1) is 0 Å². The lowest BCUT2D eigenvalue weighted by molar-refractivity contribution is -0.379. The molecule has 280 valence electrons. The van der Waals surface area contributed by atoms with Gasteiger partial charge in [0.15, 0.2) is 25.2 Å². The number of nitrogens with one attached hydrogen (secondary N) is 1. The van der Waals surface area contributed by atoms with Crippen molar-refractivity contribution < 1.29 is 104 Å². The molecule has 22 heteroatoms. The number of aliphatic hydroxyl groups is 13. The summed E-state index contributed by atoms with van der Waals surface area (Å²) in [4.78, 5) is 11.7. The van der Waals surface area contributed by atoms with E-state index in [1.807, 2.05) is 0 Å². The molecule has 4 heterocycles. The summed E-state index contributed by atoms with van der Waals surface area (Å²) in [5, 5.41) is 136. The lowest BCUT2D eigenvalue weighted by atomic mass is 9.95. The molecule has 4 aliphatic rings. The molecule has 0 unspecified atom stereocenters. The molecule has 0 bridgehead atoms. The van der Waals surface area contributed by atoms with E-state index < -0.39 is 155 Å². The predicted octanol–water partition coefficient (Wildman–Crippen LogP) is -9.61. The molecule has 4 saturated heterocycles. The molecule has 48 heavy (non-hydrogen) atoms. The maximum Gasteiger partial charge on any atom is 0.217 e. The summed E-state index contributed by atoms with van der Waals surface area (Å²) in [6.45, 7) is -2.15. The number of rotatable bonds is 11. The molecule has 4 fully saturated rings. The van der Waals surface area contributed by atoms with E-state index in [4.69, 9.17) is 33.2 Å². The van der Waals surface area contributed by atoms with Crippen LogP contribution in [0.5, 0.6) is 0 Å². The van der Waals surface area contributed by atoms with E-state index in [2.05, 4.69) is 5.32 Å². The van der Waals surface area contributed by atoms with Gasteiger partial charge in [-0.05, 0) is 0 Å². The first-order valence-electron chi connectivity index (χ1n) is 15.1. The molecule has 4 rings (SSSR count). The second-order valence-electron chi connectivity index (χ2n) is 11.9. The summed E-state index contributed by atoms with van der Waals surface area (Å²) >= 11 is 0. The first-order valence-corrected chi connectivity index (χ1v) is 15.1. The highest BCUT2D eigenvalue weighted by Gasteiger charge is 2.54. The molecule has 0 spiro atoms. The van der Waals surface area contributed by atoms with E-state index in [1.54, 1.807) is 0 Å². The lowest BCUT2D eigenvalue weighted by Crippen LogP contribution is -2.68. The smallest absolute Gasteiger partial charge is 0.217 e. The van der Waals surface area contributed by atoms with E-state index in [0.29, 0.717) is 0 Å². The van der Waals surface area contributed by atoms with Crippen molar-refractivity contribution >= 4 is 5.91 Å². The third-order valence-corrected chi connectivity index (χ3v) is 8.59. The van der Waals surface area contributed by atoms with Crippen molar-refractivity contribution in [2.24, 2.45) is 0 Å². The Labute approximate surface area is 272 Å². The Morgan fingerprint density at radius 1 is 0.542 bits per heavy atom. The van der Waals surface area contributed by atoms with Crippen molar-refractivity contribution in [3.63, 3.8) is 0 Å². The van der Waals surface area contributed by atoms with Crippen molar-refractivity contribution in [1.29, 1.82) is 0 Å². The Hall–Kier alpha value is -1.33. The summed E-state index contributed by atoms with van der Waals surface area (Å²) in [6, 6.07) is -1.49. The number of aliphatic hydroxyl groups excluding tert-OH is 13. The first-order chi connectivity index (χ1) is 22.6. The normalized spacial score (nSPS) is 50.2. The summed E-state index contributed by atoms with van der Waals surface area (Å²) in [6.07, 6.45) is -33.7. The van der Waals surface area contributed by atoms with E-state index in [9.17, 15) is 71.2 Å². The van der Waals surface area contributed by atoms with Gasteiger partial charge in [0.2, 0.25) is 5.91 Å². The van der Waals surface area contributed by atoms with E-state index in [-0.39, 0.29) is 0 Å². The van der Waals surface area contributed by atoms with Crippen LogP contribution in [-0.2, 0) is 38.0 Å². The van der Waals surface area contributed by atoms with E-state index in [1.165, 1.54) is 0 Å². The van der Waals surface area contributed by atoms with Gasteiger partial charge in [0.05, 0.1) is 26.4 Å². The Bertz CT molecular complexity index is 1030. The van der Waals surface area contributed by atoms with Crippen LogP contribution in [-0.4, -0.2) is 221 Å². The van der Waals surface area contributed by atoms with Crippen LogP contribution < -0.4 is 5.32 Å². The molecular formula is C26H45NO21. The zero-order chi connectivity index (χ0) is 35.6. The second kappa shape index (κ2) is 16.8. The molecule has 0 aliphatic carbocycles. The van der Waals surface area contributed by atoms with Gasteiger partial charge in [-0.2, -0.15) is 0 Å². The van der Waals surface area contributed by atoms with Crippen LogP contribution in [0.3, 0.4) is 0 Å². The average Bonchev–Trinajstić information content (AvgIpc) is 3.05. The zero-order valence-electron chi connectivity index (χ0n) is 25.5. The molecule has 0 radical (unpaired) electrons. The van der Waals surface area contributed by atoms with Gasteiger partial charge >= 0.3 is 0 Å². The van der Waals surface area contributed by atoms with Gasteiger partial charge in [0.1, 0.15) is 97.6 Å². The summed E-state index contributed by atoms with van der Waals surface area (Å²) in [7, 11) is 0. The summed E-state index contributed by atoms with van der Waals surface area (Å²) in [5.74, 6) is -0.682. The number of hydrogen-bond acceptors (Lipinski definition) is 21. The van der Waals surface area contributed by atoms with Gasteiger partial charge < -0.3 is 105 Å². The van der Waals surface area contributed by atoms with Gasteiger partial charge in [0, 0.05) is 6.92 Å². The average molecular weight is 708 g/mol. The predicted molar refractivity (Wildman–Crippen MR) is 145 cm³/mol. The van der Waals surface area contributed by atoms with Crippen molar-refractivity contribution in [2.75, 3.05) is 26.4 Å². The highest BCUT2D eigenvalue weighted by atomic mass is 16.8. The Morgan fingerprint density at radius 2 is 1.02 bits per heavy atom. The van der Waals surface area contributed by atoms with Gasteiger partial charge in [-0.3, -0.25) is 4.79 Å². The van der Waals surface area contributed by atoms with Crippen LogP contribution in [0, 0.1) is 0 Å². The minimum absolute atomic E-state index is 0.682. The Balaban J connectivity index is 1.59. The number of carbonyl (C=O) groups excluding carboxylic acids is 1. The van der Waals surface area contributed by atoms with Crippen LogP contribution in [0.25, 0.3) is 0 Å². The van der Waals surface area contributed by atoms with Crippen LogP contribution in [0.15, 0.2) is 0 Å². The standard InChI is InChI=1S/C26H45NO21/c1-6(31)27-11-15(35)21(9(4-30)43-23(11)41)47-26-20(40)22(48-25-19(39)17(37)13(33)8(3-29)45-25)14(34)10(46-26)5-42-24-18(38)16(36)12(32)7(2-28)44-24/h7-26,28-30,32-41H,2-5H2,1H3,(H,27,31)/t7-,8-,9-,10-,11-,12-,13-,14-,15-,16+,17+,18+,19+,20+,21-,22+,23-,24+,25-,26-/m1/s1. The van der Waals surface area contributed by atoms with Crippen LogP contribution >= 0.6 is 0 Å². The van der Waals surface area contributed by atoms with Crippen LogP contribution in [0.1, 0.15) is 6.92 Å². The SMILES string of the molecule is CC(=O)N[C@@H]1[C@@H](O)[C@H](O[C@H]2O[C@H](CO[C@H]3O[C@H](CO)[C@@H](O)[C@H](O)[C@@H]3O)[C@@H](O)[C@H](O[C@H]3O[C@H](CO)[C@@H](O)[C@H](O)[C@@H]3O)[C@@H]2O)[C@@H](CO)O[C@H]1O. The maximum atomic E-state index is 11.7. The van der Waals surface area contributed by atoms with E-state index >= 15 is 0 Å². The van der Waals surface area contributed by atoms with E-state index in [0.717, 1.165) is 6.92 Å². The molecule has 20 atom stereocenters. The van der Waals surface area contributed by atoms with Gasteiger partial charge in [-0.25, -0.2) is 0 Å². The molecular weight excluding hydrogens is 662 g/mol. The van der Waals surface area contributed by atoms with Crippen molar-refractivity contribution in [1.82, 2.24) is 5.32 Å². The minimum atomic E-state index is -2.06. The minimum Gasteiger partial charge on any atom is -0.394 e. The van der Waals surface area contributed by atoms with Gasteiger partial charge in [-0.1, -0.05) is 0 Å². The monoisotopic (exact) mass is 707 g/mol. The summed E-state index contributed by atoms with van der Waals surface area (Å²) in [5.41, 5.74) is 0. The fourth-order valence-corrected chi connectivity index (χ4v) is 5.84. The molecule has 0 saturated carbocycles. The van der Waals surface area contributed by atoms with Crippen LogP contribution in [0.4, 0.5) is 0 Å². The molecule has 22 nitrogen and oxygen atoms in total. The third-order valence-electron chi connectivity index (χ3n) is 8.59. The topological polar surface area (TPSA) is 357 Å². The Morgan fingerprint density at radius 3 is 1.56 bits per heavy atom. The van der Waals surface area contributed by atoms with Crippen molar-refractivity contribution in [3.8, 4) is 0 Å². The third kappa shape index (κ3) is 8.24. The zero-order valence-corrected chi connectivity index (χ0v) is 25.5. The molecule has 14 N–H and O–H groups in total. The van der Waals surface area contributed by atoms with Crippen molar-refractivity contribution in [3.05, 3.63) is 0 Å². The molecule has 1 amide bonds. The van der Waals surface area contributed by atoms with Gasteiger partial charge in [0.25, 0.3) is 0 Å². The number of carbonyl (C=O) groups is 1.